The van der Waals surface area contributed by atoms with Crippen molar-refractivity contribution in [3.63, 3.8) is 0 Å². The van der Waals surface area contributed by atoms with Gasteiger partial charge in [-0.25, -0.2) is 4.98 Å². The van der Waals surface area contributed by atoms with Gasteiger partial charge in [0.1, 0.15) is 16.7 Å². The second-order valence-electron chi connectivity index (χ2n) is 14.0. The minimum absolute atomic E-state index is 0.0216. The molecular formula is C51H36N2O2. The molecule has 0 aliphatic heterocycles. The second-order valence-corrected chi connectivity index (χ2v) is 14.0. The van der Waals surface area contributed by atoms with Crippen molar-refractivity contribution in [2.75, 3.05) is 4.90 Å². The van der Waals surface area contributed by atoms with E-state index in [1.54, 1.807) is 0 Å². The minimum Gasteiger partial charge on any atom is -0.456 e. The monoisotopic (exact) mass is 708 g/mol. The molecule has 262 valence electrons. The van der Waals surface area contributed by atoms with Gasteiger partial charge in [-0.15, -0.1) is 6.58 Å². The topological polar surface area (TPSA) is 42.4 Å². The first-order valence-electron chi connectivity index (χ1n) is 18.7. The number of nitrogens with zero attached hydrogens (tertiary/aromatic N) is 2. The predicted octanol–water partition coefficient (Wildman–Crippen LogP) is 13.8. The van der Waals surface area contributed by atoms with Gasteiger partial charge in [0.15, 0.2) is 5.58 Å². The summed E-state index contributed by atoms with van der Waals surface area (Å²) in [6.07, 6.45) is 2.88. The molecule has 4 nitrogen and oxygen atoms in total. The molecule has 0 amide bonds. The molecule has 10 aromatic rings. The highest BCUT2D eigenvalue weighted by atomic mass is 16.3. The van der Waals surface area contributed by atoms with E-state index in [0.717, 1.165) is 72.9 Å². The summed E-state index contributed by atoms with van der Waals surface area (Å²) in [5, 5.41) is 4.44. The number of rotatable bonds is 9. The van der Waals surface area contributed by atoms with Gasteiger partial charge >= 0.3 is 0 Å². The normalized spacial score (nSPS) is 12.1. The molecule has 0 aliphatic rings. The molecule has 2 heterocycles. The van der Waals surface area contributed by atoms with Crippen molar-refractivity contribution in [2.24, 2.45) is 0 Å². The van der Waals surface area contributed by atoms with E-state index >= 15 is 0 Å². The van der Waals surface area contributed by atoms with E-state index in [4.69, 9.17) is 13.8 Å². The number of para-hydroxylation sites is 2. The van der Waals surface area contributed by atoms with Gasteiger partial charge in [-0.05, 0) is 100 Å². The lowest BCUT2D eigenvalue weighted by atomic mass is 9.93. The Morgan fingerprint density at radius 1 is 0.527 bits per heavy atom. The molecule has 2 aromatic heterocycles. The summed E-state index contributed by atoms with van der Waals surface area (Å²) in [7, 11) is 0. The third kappa shape index (κ3) is 5.94. The predicted molar refractivity (Wildman–Crippen MR) is 228 cm³/mol. The highest BCUT2D eigenvalue weighted by Crippen LogP contribution is 2.43. The van der Waals surface area contributed by atoms with Crippen LogP contribution in [0, 0.1) is 0 Å². The van der Waals surface area contributed by atoms with E-state index in [1.807, 2.05) is 30.3 Å². The van der Waals surface area contributed by atoms with Gasteiger partial charge in [-0.1, -0.05) is 127 Å². The maximum absolute atomic E-state index is 6.63. The third-order valence-electron chi connectivity index (χ3n) is 10.6. The zero-order valence-corrected chi connectivity index (χ0v) is 30.1. The maximum Gasteiger partial charge on any atom is 0.227 e. The number of hydrogen-bond acceptors (Lipinski definition) is 4. The third-order valence-corrected chi connectivity index (χ3v) is 10.6. The molecule has 0 aliphatic carbocycles. The summed E-state index contributed by atoms with van der Waals surface area (Å²) >= 11 is 0. The van der Waals surface area contributed by atoms with E-state index in [-0.39, 0.29) is 6.04 Å². The van der Waals surface area contributed by atoms with Gasteiger partial charge in [0.2, 0.25) is 5.89 Å². The minimum atomic E-state index is 0.0216. The number of fused-ring (bicyclic) bond motifs is 5. The molecule has 10 rings (SSSR count). The standard InChI is InChI=1S/C51H36N2O2/c1-2-40(31-34-13-5-3-6-14-34)53(41-26-21-36(22-27-41)35-15-7-4-8-16-35)42-28-23-37(24-29-42)49-43-18-10-9-17-38(43)32-48-50(49)44-30-25-39(33-47(44)54-48)51-52-45-19-11-12-20-46(45)55-51/h2-30,32-33,40H,1,31H2. The lowest BCUT2D eigenvalue weighted by molar-refractivity contribution is 0.619. The van der Waals surface area contributed by atoms with Crippen LogP contribution in [0.1, 0.15) is 5.56 Å². The van der Waals surface area contributed by atoms with Crippen LogP contribution in [0.2, 0.25) is 0 Å². The van der Waals surface area contributed by atoms with Crippen LogP contribution in [-0.2, 0) is 6.42 Å². The van der Waals surface area contributed by atoms with Gasteiger partial charge in [0.25, 0.3) is 0 Å². The fourth-order valence-corrected chi connectivity index (χ4v) is 7.93. The highest BCUT2D eigenvalue weighted by Gasteiger charge is 2.22. The van der Waals surface area contributed by atoms with Gasteiger partial charge in [-0.2, -0.15) is 0 Å². The van der Waals surface area contributed by atoms with Crippen molar-refractivity contribution in [1.82, 2.24) is 4.98 Å². The van der Waals surface area contributed by atoms with Crippen LogP contribution in [0.25, 0.3) is 77.5 Å². The molecule has 0 radical (unpaired) electrons. The largest absolute Gasteiger partial charge is 0.456 e. The van der Waals surface area contributed by atoms with Crippen molar-refractivity contribution < 1.29 is 8.83 Å². The van der Waals surface area contributed by atoms with Crippen molar-refractivity contribution in [2.45, 2.75) is 12.5 Å². The Labute approximate surface area is 319 Å². The number of aromatic nitrogens is 1. The summed E-state index contributed by atoms with van der Waals surface area (Å²) in [6.45, 7) is 4.33. The van der Waals surface area contributed by atoms with Crippen LogP contribution < -0.4 is 4.90 Å². The second kappa shape index (κ2) is 13.7. The van der Waals surface area contributed by atoms with Crippen LogP contribution in [0.3, 0.4) is 0 Å². The van der Waals surface area contributed by atoms with E-state index < -0.39 is 0 Å². The Bertz CT molecular complexity index is 2930. The van der Waals surface area contributed by atoms with E-state index in [1.165, 1.54) is 22.1 Å². The van der Waals surface area contributed by atoms with Crippen LogP contribution in [0.5, 0.6) is 0 Å². The molecule has 0 spiro atoms. The fourth-order valence-electron chi connectivity index (χ4n) is 7.93. The molecule has 0 fully saturated rings. The smallest absolute Gasteiger partial charge is 0.227 e. The molecule has 0 bridgehead atoms. The molecule has 0 N–H and O–H groups in total. The van der Waals surface area contributed by atoms with Gasteiger partial charge in [-0.3, -0.25) is 0 Å². The van der Waals surface area contributed by atoms with E-state index in [0.29, 0.717) is 5.89 Å². The Balaban J connectivity index is 1.08. The fraction of sp³-hybridized carbons (Fsp3) is 0.0392. The summed E-state index contributed by atoms with van der Waals surface area (Å²) < 4.78 is 12.8. The zero-order chi connectivity index (χ0) is 36.7. The van der Waals surface area contributed by atoms with E-state index in [9.17, 15) is 0 Å². The van der Waals surface area contributed by atoms with Gasteiger partial charge in [0.05, 0.1) is 6.04 Å². The molecule has 8 aromatic carbocycles. The van der Waals surface area contributed by atoms with Crippen LogP contribution in [-0.4, -0.2) is 11.0 Å². The number of furan rings is 1. The lowest BCUT2D eigenvalue weighted by Gasteiger charge is -2.32. The summed E-state index contributed by atoms with van der Waals surface area (Å²) in [6, 6.07) is 63.8. The molecule has 4 heteroatoms. The Morgan fingerprint density at radius 2 is 1.16 bits per heavy atom. The molecule has 0 saturated carbocycles. The molecule has 0 saturated heterocycles. The van der Waals surface area contributed by atoms with Crippen LogP contribution in [0.15, 0.2) is 203 Å². The zero-order valence-electron chi connectivity index (χ0n) is 30.1. The van der Waals surface area contributed by atoms with Gasteiger partial charge < -0.3 is 13.7 Å². The summed E-state index contributed by atoms with van der Waals surface area (Å²) in [5.74, 6) is 0.578. The average molecular weight is 709 g/mol. The first-order valence-corrected chi connectivity index (χ1v) is 18.7. The number of benzene rings is 8. The first-order chi connectivity index (χ1) is 27.2. The van der Waals surface area contributed by atoms with Crippen molar-refractivity contribution in [3.05, 3.63) is 200 Å². The molecule has 1 unspecified atom stereocenters. The number of hydrogen-bond donors (Lipinski definition) is 0. The van der Waals surface area contributed by atoms with E-state index in [2.05, 4.69) is 169 Å². The summed E-state index contributed by atoms with van der Waals surface area (Å²) in [4.78, 5) is 7.14. The van der Waals surface area contributed by atoms with Crippen LogP contribution in [0.4, 0.5) is 11.4 Å². The Morgan fingerprint density at radius 3 is 1.91 bits per heavy atom. The quantitative estimate of drug-likeness (QED) is 0.140. The average Bonchev–Trinajstić information content (AvgIpc) is 3.85. The molecule has 1 atom stereocenters. The summed E-state index contributed by atoms with van der Waals surface area (Å²) in [5.41, 5.74) is 12.2. The van der Waals surface area contributed by atoms with Crippen molar-refractivity contribution in [3.8, 4) is 33.7 Å². The Hall–Kier alpha value is -7.17. The van der Waals surface area contributed by atoms with Gasteiger partial charge in [0, 0.05) is 33.3 Å². The molecule has 55 heavy (non-hydrogen) atoms. The lowest BCUT2D eigenvalue weighted by Crippen LogP contribution is -2.31. The number of oxazole rings is 1. The maximum atomic E-state index is 6.63. The highest BCUT2D eigenvalue weighted by molar-refractivity contribution is 6.21. The van der Waals surface area contributed by atoms with Crippen LogP contribution >= 0.6 is 0 Å². The Kier molecular flexibility index (Phi) is 8.07. The number of anilines is 2. The molecular weight excluding hydrogens is 673 g/mol. The SMILES string of the molecule is C=CC(Cc1ccccc1)N(c1ccc(-c2ccccc2)cc1)c1ccc(-c2c3ccccc3cc3oc4cc(-c5nc6ccccc6o5)ccc4c23)cc1. The first kappa shape index (κ1) is 32.5. The van der Waals surface area contributed by atoms with Crippen molar-refractivity contribution in [1.29, 1.82) is 0 Å². The van der Waals surface area contributed by atoms with Crippen molar-refractivity contribution >= 4 is 55.2 Å².